The molecule has 0 saturated heterocycles. The number of rotatable bonds is 8. The quantitative estimate of drug-likeness (QED) is 0.431. The first-order valence-corrected chi connectivity index (χ1v) is 11.7. The molecule has 2 heterocycles. The van der Waals surface area contributed by atoms with E-state index in [0.717, 1.165) is 5.56 Å². The third kappa shape index (κ3) is 5.17. The van der Waals surface area contributed by atoms with Crippen LogP contribution in [0.1, 0.15) is 26.8 Å². The average molecular weight is 483 g/mol. The first-order valence-electron chi connectivity index (χ1n) is 10.9. The maximum Gasteiger partial charge on any atom is 0.257 e. The van der Waals surface area contributed by atoms with Gasteiger partial charge in [0.1, 0.15) is 30.5 Å². The Balaban J connectivity index is 1.53. The molecule has 0 N–H and O–H groups in total. The number of carbonyl (C=O) groups excluding carboxylic acids is 2. The van der Waals surface area contributed by atoms with Gasteiger partial charge in [-0.05, 0) is 59.8 Å². The van der Waals surface area contributed by atoms with Gasteiger partial charge >= 0.3 is 0 Å². The number of benzene rings is 2. The Kier molecular flexibility index (Phi) is 7.37. The SMILES string of the molecule is C=CCN(CC(=O)N1CCc2sccc2[C@@H]1COc1ccc(F)cc1)C(=O)c1ccccc1F. The van der Waals surface area contributed by atoms with Crippen LogP contribution in [0, 0.1) is 11.6 Å². The monoisotopic (exact) mass is 482 g/mol. The van der Waals surface area contributed by atoms with Crippen LogP contribution in [0.3, 0.4) is 0 Å². The summed E-state index contributed by atoms with van der Waals surface area (Å²) in [5, 5.41) is 1.98. The van der Waals surface area contributed by atoms with Gasteiger partial charge in [-0.15, -0.1) is 17.9 Å². The summed E-state index contributed by atoms with van der Waals surface area (Å²) in [6.07, 6.45) is 2.21. The summed E-state index contributed by atoms with van der Waals surface area (Å²) in [7, 11) is 0. The van der Waals surface area contributed by atoms with E-state index < -0.39 is 11.7 Å². The molecule has 1 atom stereocenters. The number of thiophene rings is 1. The van der Waals surface area contributed by atoms with Crippen LogP contribution in [0.4, 0.5) is 8.78 Å². The molecule has 0 saturated carbocycles. The van der Waals surface area contributed by atoms with Gasteiger partial charge in [0.05, 0.1) is 11.6 Å². The van der Waals surface area contributed by atoms with Crippen molar-refractivity contribution in [3.8, 4) is 5.75 Å². The predicted molar refractivity (Wildman–Crippen MR) is 127 cm³/mol. The van der Waals surface area contributed by atoms with Crippen molar-refractivity contribution in [1.82, 2.24) is 9.80 Å². The molecule has 0 unspecified atom stereocenters. The highest BCUT2D eigenvalue weighted by molar-refractivity contribution is 7.10. The van der Waals surface area contributed by atoms with E-state index in [1.807, 2.05) is 11.4 Å². The molecule has 0 spiro atoms. The van der Waals surface area contributed by atoms with Gasteiger partial charge in [0.15, 0.2) is 0 Å². The number of fused-ring (bicyclic) bond motifs is 1. The fourth-order valence-corrected chi connectivity index (χ4v) is 4.94. The molecular weight excluding hydrogens is 458 g/mol. The first kappa shape index (κ1) is 23.6. The van der Waals surface area contributed by atoms with E-state index in [-0.39, 0.29) is 43.0 Å². The highest BCUT2D eigenvalue weighted by Gasteiger charge is 2.33. The van der Waals surface area contributed by atoms with Crippen LogP contribution in [0.5, 0.6) is 5.75 Å². The third-order valence-electron chi connectivity index (χ3n) is 5.70. The van der Waals surface area contributed by atoms with Gasteiger partial charge in [-0.3, -0.25) is 9.59 Å². The molecule has 1 aliphatic rings. The van der Waals surface area contributed by atoms with Gasteiger partial charge in [0, 0.05) is 18.0 Å². The fourth-order valence-electron chi connectivity index (χ4n) is 4.01. The van der Waals surface area contributed by atoms with Crippen LogP contribution in [0.2, 0.25) is 0 Å². The fraction of sp³-hybridized carbons (Fsp3) is 0.231. The molecule has 2 aromatic carbocycles. The topological polar surface area (TPSA) is 49.9 Å². The van der Waals surface area contributed by atoms with E-state index in [2.05, 4.69) is 6.58 Å². The van der Waals surface area contributed by atoms with Gasteiger partial charge in [-0.1, -0.05) is 18.2 Å². The number of nitrogens with zero attached hydrogens (tertiary/aromatic N) is 2. The number of carbonyl (C=O) groups is 2. The largest absolute Gasteiger partial charge is 0.491 e. The minimum Gasteiger partial charge on any atom is -0.491 e. The zero-order valence-electron chi connectivity index (χ0n) is 18.5. The molecule has 1 aliphatic heterocycles. The third-order valence-corrected chi connectivity index (χ3v) is 6.70. The van der Waals surface area contributed by atoms with E-state index in [4.69, 9.17) is 4.74 Å². The minimum atomic E-state index is -0.638. The van der Waals surface area contributed by atoms with Crippen LogP contribution in [0.25, 0.3) is 0 Å². The molecular formula is C26H24F2N2O3S. The van der Waals surface area contributed by atoms with Crippen molar-refractivity contribution in [2.75, 3.05) is 26.2 Å². The Morgan fingerprint density at radius 2 is 1.91 bits per heavy atom. The maximum absolute atomic E-state index is 14.2. The highest BCUT2D eigenvalue weighted by atomic mass is 32.1. The molecule has 34 heavy (non-hydrogen) atoms. The van der Waals surface area contributed by atoms with Crippen molar-refractivity contribution >= 4 is 23.2 Å². The Morgan fingerprint density at radius 1 is 1.15 bits per heavy atom. The Bertz CT molecular complexity index is 1180. The summed E-state index contributed by atoms with van der Waals surface area (Å²) in [5.74, 6) is -1.33. The zero-order valence-corrected chi connectivity index (χ0v) is 19.3. The smallest absolute Gasteiger partial charge is 0.257 e. The van der Waals surface area contributed by atoms with Crippen molar-refractivity contribution in [2.24, 2.45) is 0 Å². The molecule has 8 heteroatoms. The van der Waals surface area contributed by atoms with E-state index in [1.54, 1.807) is 22.3 Å². The summed E-state index contributed by atoms with van der Waals surface area (Å²) in [5.41, 5.74) is 0.912. The molecule has 0 aliphatic carbocycles. The number of ether oxygens (including phenoxy) is 1. The number of hydrogen-bond acceptors (Lipinski definition) is 4. The van der Waals surface area contributed by atoms with Crippen LogP contribution < -0.4 is 4.74 Å². The summed E-state index contributed by atoms with van der Waals surface area (Å²) in [4.78, 5) is 30.5. The number of amides is 2. The second kappa shape index (κ2) is 10.6. The highest BCUT2D eigenvalue weighted by Crippen LogP contribution is 2.34. The van der Waals surface area contributed by atoms with Crippen molar-refractivity contribution < 1.29 is 23.1 Å². The van der Waals surface area contributed by atoms with Crippen molar-refractivity contribution in [3.63, 3.8) is 0 Å². The number of halogens is 2. The van der Waals surface area contributed by atoms with Gasteiger partial charge in [-0.2, -0.15) is 0 Å². The summed E-state index contributed by atoms with van der Waals surface area (Å²) in [6, 6.07) is 13.0. The molecule has 0 radical (unpaired) electrons. The molecule has 0 bridgehead atoms. The molecule has 3 aromatic rings. The van der Waals surface area contributed by atoms with Crippen LogP contribution in [0.15, 0.2) is 72.6 Å². The normalized spacial score (nSPS) is 14.9. The zero-order chi connectivity index (χ0) is 24.1. The van der Waals surface area contributed by atoms with Crippen molar-refractivity contribution in [3.05, 3.63) is 100 Å². The lowest BCUT2D eigenvalue weighted by atomic mass is 10.0. The van der Waals surface area contributed by atoms with Gasteiger partial charge in [0.25, 0.3) is 5.91 Å². The van der Waals surface area contributed by atoms with Crippen molar-refractivity contribution in [2.45, 2.75) is 12.5 Å². The summed E-state index contributed by atoms with van der Waals surface area (Å²) >= 11 is 1.63. The molecule has 4 rings (SSSR count). The van der Waals surface area contributed by atoms with E-state index >= 15 is 0 Å². The van der Waals surface area contributed by atoms with Crippen LogP contribution in [-0.2, 0) is 11.2 Å². The second-order valence-corrected chi connectivity index (χ2v) is 8.87. The lowest BCUT2D eigenvalue weighted by Crippen LogP contribution is -2.48. The van der Waals surface area contributed by atoms with Crippen molar-refractivity contribution in [1.29, 1.82) is 0 Å². The molecule has 2 amide bonds. The molecule has 176 valence electrons. The first-order chi connectivity index (χ1) is 16.5. The lowest BCUT2D eigenvalue weighted by Gasteiger charge is -2.37. The Hall–Kier alpha value is -3.52. The molecule has 0 fully saturated rings. The van der Waals surface area contributed by atoms with E-state index in [1.165, 1.54) is 58.3 Å². The average Bonchev–Trinajstić information content (AvgIpc) is 3.32. The molecule has 5 nitrogen and oxygen atoms in total. The standard InChI is InChI=1S/C26H24F2N2O3S/c1-2-13-29(26(32)20-5-3-4-6-22(20)28)16-25(31)30-14-11-24-21(12-15-34-24)23(30)17-33-19-9-7-18(27)8-10-19/h2-10,12,15,23H,1,11,13-14,16-17H2/t23-/m0/s1. The summed E-state index contributed by atoms with van der Waals surface area (Å²) < 4.78 is 33.3. The molecule has 1 aromatic heterocycles. The van der Waals surface area contributed by atoms with Gasteiger partial charge < -0.3 is 14.5 Å². The van der Waals surface area contributed by atoms with E-state index in [9.17, 15) is 18.4 Å². The van der Waals surface area contributed by atoms with Crippen LogP contribution in [-0.4, -0.2) is 47.9 Å². The maximum atomic E-state index is 14.2. The minimum absolute atomic E-state index is 0.0906. The van der Waals surface area contributed by atoms with Gasteiger partial charge in [0.2, 0.25) is 5.91 Å². The Labute approximate surface area is 200 Å². The van der Waals surface area contributed by atoms with E-state index in [0.29, 0.717) is 18.7 Å². The Morgan fingerprint density at radius 3 is 2.65 bits per heavy atom. The second-order valence-electron chi connectivity index (χ2n) is 7.87. The summed E-state index contributed by atoms with van der Waals surface area (Å²) in [6.45, 7) is 4.21. The number of hydrogen-bond donors (Lipinski definition) is 0. The van der Waals surface area contributed by atoms with Crippen LogP contribution >= 0.6 is 11.3 Å². The lowest BCUT2D eigenvalue weighted by molar-refractivity contribution is -0.135. The predicted octanol–water partition coefficient (Wildman–Crippen LogP) is 4.86. The van der Waals surface area contributed by atoms with Gasteiger partial charge in [-0.25, -0.2) is 8.78 Å².